The summed E-state index contributed by atoms with van der Waals surface area (Å²) in [6.07, 6.45) is 0. The molecule has 0 bridgehead atoms. The average Bonchev–Trinajstić information content (AvgIpc) is 2.20. The van der Waals surface area contributed by atoms with Gasteiger partial charge in [0.1, 0.15) is 4.47 Å². The highest BCUT2D eigenvalue weighted by Crippen LogP contribution is 2.26. The van der Waals surface area contributed by atoms with Crippen LogP contribution in [0.3, 0.4) is 0 Å². The lowest BCUT2D eigenvalue weighted by molar-refractivity contribution is 0.291. The number of aryl methyl sites for hydroxylation is 1. The Labute approximate surface area is 67.5 Å². The number of ether oxygens (including phenoxy) is 1. The van der Waals surface area contributed by atoms with Gasteiger partial charge in [0.15, 0.2) is 5.76 Å². The van der Waals surface area contributed by atoms with E-state index in [9.17, 15) is 0 Å². The van der Waals surface area contributed by atoms with E-state index in [0.717, 1.165) is 10.2 Å². The van der Waals surface area contributed by atoms with Crippen LogP contribution in [0.1, 0.15) is 12.7 Å². The molecule has 0 saturated carbocycles. The van der Waals surface area contributed by atoms with Crippen LogP contribution in [0.15, 0.2) is 9.00 Å². The van der Waals surface area contributed by atoms with Gasteiger partial charge < -0.3 is 9.26 Å². The summed E-state index contributed by atoms with van der Waals surface area (Å²) in [6.45, 7) is 4.32. The van der Waals surface area contributed by atoms with E-state index in [0.29, 0.717) is 12.5 Å². The van der Waals surface area contributed by atoms with Crippen LogP contribution in [0, 0.1) is 6.92 Å². The summed E-state index contributed by atoms with van der Waals surface area (Å²) in [7, 11) is 0. The highest BCUT2D eigenvalue weighted by Gasteiger charge is 2.08. The minimum absolute atomic E-state index is 0.528. The second-order valence-electron chi connectivity index (χ2n) is 1.79. The van der Waals surface area contributed by atoms with Crippen molar-refractivity contribution in [3.8, 4) is 5.88 Å². The van der Waals surface area contributed by atoms with E-state index in [4.69, 9.17) is 9.26 Å². The Kier molecular flexibility index (Phi) is 2.32. The van der Waals surface area contributed by atoms with Gasteiger partial charge >= 0.3 is 0 Å². The summed E-state index contributed by atoms with van der Waals surface area (Å²) < 4.78 is 10.7. The molecule has 0 N–H and O–H groups in total. The van der Waals surface area contributed by atoms with E-state index in [2.05, 4.69) is 21.1 Å². The molecule has 0 atom stereocenters. The minimum Gasteiger partial charge on any atom is -0.475 e. The molecular weight excluding hydrogens is 198 g/mol. The summed E-state index contributed by atoms with van der Waals surface area (Å²) >= 11 is 3.27. The van der Waals surface area contributed by atoms with Gasteiger partial charge in [0.2, 0.25) is 0 Å². The monoisotopic (exact) mass is 205 g/mol. The van der Waals surface area contributed by atoms with Gasteiger partial charge in [-0.15, -0.1) is 0 Å². The zero-order valence-electron chi connectivity index (χ0n) is 5.85. The normalized spacial score (nSPS) is 9.90. The quantitative estimate of drug-likeness (QED) is 0.743. The largest absolute Gasteiger partial charge is 0.475 e. The maximum absolute atomic E-state index is 5.11. The maximum Gasteiger partial charge on any atom is 0.268 e. The van der Waals surface area contributed by atoms with Crippen LogP contribution in [0.2, 0.25) is 0 Å². The molecule has 0 aromatic carbocycles. The molecule has 0 spiro atoms. The number of nitrogens with zero attached hydrogens (tertiary/aromatic N) is 1. The SMILES string of the molecule is CCOc1noc(C)c1Br. The fraction of sp³-hybridized carbons (Fsp3) is 0.500. The summed E-state index contributed by atoms with van der Waals surface area (Å²) in [6, 6.07) is 0. The topological polar surface area (TPSA) is 35.3 Å². The maximum atomic E-state index is 5.11. The second-order valence-corrected chi connectivity index (χ2v) is 2.58. The third kappa shape index (κ3) is 1.31. The molecule has 0 fully saturated rings. The van der Waals surface area contributed by atoms with Crippen molar-refractivity contribution in [2.24, 2.45) is 0 Å². The molecule has 3 nitrogen and oxygen atoms in total. The zero-order chi connectivity index (χ0) is 7.56. The first-order chi connectivity index (χ1) is 4.75. The van der Waals surface area contributed by atoms with Crippen LogP contribution in [-0.4, -0.2) is 11.8 Å². The van der Waals surface area contributed by atoms with Crippen LogP contribution in [0.4, 0.5) is 0 Å². The third-order valence-electron chi connectivity index (χ3n) is 1.04. The zero-order valence-corrected chi connectivity index (χ0v) is 7.43. The molecule has 0 aliphatic rings. The first-order valence-corrected chi connectivity index (χ1v) is 3.79. The summed E-state index contributed by atoms with van der Waals surface area (Å²) in [4.78, 5) is 0. The molecule has 0 saturated heterocycles. The fourth-order valence-corrected chi connectivity index (χ4v) is 0.826. The van der Waals surface area contributed by atoms with Crippen molar-refractivity contribution < 1.29 is 9.26 Å². The molecule has 0 aliphatic carbocycles. The first-order valence-electron chi connectivity index (χ1n) is 3.00. The van der Waals surface area contributed by atoms with Gasteiger partial charge in [-0.05, 0) is 34.9 Å². The van der Waals surface area contributed by atoms with Gasteiger partial charge in [-0.2, -0.15) is 0 Å². The Balaban J connectivity index is 2.83. The molecule has 0 radical (unpaired) electrons. The molecule has 1 rings (SSSR count). The van der Waals surface area contributed by atoms with Crippen molar-refractivity contribution in [1.29, 1.82) is 0 Å². The molecule has 0 unspecified atom stereocenters. The Morgan fingerprint density at radius 1 is 1.70 bits per heavy atom. The van der Waals surface area contributed by atoms with Gasteiger partial charge in [-0.3, -0.25) is 0 Å². The smallest absolute Gasteiger partial charge is 0.268 e. The lowest BCUT2D eigenvalue weighted by Crippen LogP contribution is -1.91. The molecule has 1 heterocycles. The van der Waals surface area contributed by atoms with E-state index in [1.165, 1.54) is 0 Å². The Bertz CT molecular complexity index is 222. The Morgan fingerprint density at radius 3 is 2.80 bits per heavy atom. The molecule has 4 heteroatoms. The molecule has 10 heavy (non-hydrogen) atoms. The van der Waals surface area contributed by atoms with Gasteiger partial charge in [-0.25, -0.2) is 0 Å². The number of halogens is 1. The summed E-state index contributed by atoms with van der Waals surface area (Å²) in [5, 5.41) is 3.66. The first kappa shape index (κ1) is 7.60. The Hall–Kier alpha value is -0.510. The highest BCUT2D eigenvalue weighted by atomic mass is 79.9. The van der Waals surface area contributed by atoms with E-state index in [-0.39, 0.29) is 0 Å². The minimum atomic E-state index is 0.528. The third-order valence-corrected chi connectivity index (χ3v) is 1.94. The molecule has 56 valence electrons. The predicted octanol–water partition coefficient (Wildman–Crippen LogP) is 2.14. The molecule has 0 amide bonds. The van der Waals surface area contributed by atoms with Crippen LogP contribution in [0.25, 0.3) is 0 Å². The average molecular weight is 206 g/mol. The van der Waals surface area contributed by atoms with E-state index >= 15 is 0 Å². The van der Waals surface area contributed by atoms with Crippen LogP contribution in [-0.2, 0) is 0 Å². The number of hydrogen-bond acceptors (Lipinski definition) is 3. The highest BCUT2D eigenvalue weighted by molar-refractivity contribution is 9.10. The van der Waals surface area contributed by atoms with Crippen molar-refractivity contribution in [2.45, 2.75) is 13.8 Å². The standard InChI is InChI=1S/C6H8BrNO2/c1-3-9-6-5(7)4(2)10-8-6/h3H2,1-2H3. The molecule has 1 aromatic rings. The summed E-state index contributed by atoms with van der Waals surface area (Å²) in [5.74, 6) is 1.27. The van der Waals surface area contributed by atoms with Crippen molar-refractivity contribution in [2.75, 3.05) is 6.61 Å². The Morgan fingerprint density at radius 2 is 2.40 bits per heavy atom. The van der Waals surface area contributed by atoms with E-state index in [1.54, 1.807) is 0 Å². The number of hydrogen-bond donors (Lipinski definition) is 0. The van der Waals surface area contributed by atoms with Crippen LogP contribution >= 0.6 is 15.9 Å². The predicted molar refractivity (Wildman–Crippen MR) is 40.1 cm³/mol. The van der Waals surface area contributed by atoms with Gasteiger partial charge in [-0.1, -0.05) is 0 Å². The number of aromatic nitrogens is 1. The molecule has 1 aromatic heterocycles. The van der Waals surface area contributed by atoms with Crippen LogP contribution < -0.4 is 4.74 Å². The van der Waals surface area contributed by atoms with Crippen molar-refractivity contribution in [1.82, 2.24) is 5.16 Å². The van der Waals surface area contributed by atoms with E-state index < -0.39 is 0 Å². The van der Waals surface area contributed by atoms with Crippen molar-refractivity contribution in [3.05, 3.63) is 10.2 Å². The summed E-state index contributed by atoms with van der Waals surface area (Å²) in [5.41, 5.74) is 0. The van der Waals surface area contributed by atoms with Crippen LogP contribution in [0.5, 0.6) is 5.88 Å². The molecule has 0 aliphatic heterocycles. The van der Waals surface area contributed by atoms with Gasteiger partial charge in [0.25, 0.3) is 5.88 Å². The second kappa shape index (κ2) is 3.05. The lowest BCUT2D eigenvalue weighted by Gasteiger charge is -1.94. The fourth-order valence-electron chi connectivity index (χ4n) is 0.567. The molecular formula is C6H8BrNO2. The van der Waals surface area contributed by atoms with E-state index in [1.807, 2.05) is 13.8 Å². The lowest BCUT2D eigenvalue weighted by atomic mass is 10.5. The van der Waals surface area contributed by atoms with Crippen molar-refractivity contribution in [3.63, 3.8) is 0 Å². The van der Waals surface area contributed by atoms with Crippen molar-refractivity contribution >= 4 is 15.9 Å². The van der Waals surface area contributed by atoms with Gasteiger partial charge in [0, 0.05) is 0 Å². The number of rotatable bonds is 2. The van der Waals surface area contributed by atoms with Gasteiger partial charge in [0.05, 0.1) is 6.61 Å².